The summed E-state index contributed by atoms with van der Waals surface area (Å²) in [5.41, 5.74) is 0.352. The molecule has 7 atom stereocenters. The molecular formula is C37H41FN5O6PS. The molecule has 0 radical (unpaired) electrons. The van der Waals surface area contributed by atoms with Crippen LogP contribution in [0.4, 0.5) is 4.39 Å². The van der Waals surface area contributed by atoms with Crippen LogP contribution in [0.25, 0.3) is 10.1 Å². The molecule has 51 heavy (non-hydrogen) atoms. The summed E-state index contributed by atoms with van der Waals surface area (Å²) in [4.78, 5) is 68.0. The van der Waals surface area contributed by atoms with Crippen molar-refractivity contribution in [2.24, 2.45) is 5.92 Å². The van der Waals surface area contributed by atoms with Crippen LogP contribution in [-0.4, -0.2) is 91.5 Å². The Labute approximate surface area is 299 Å². The number of rotatable bonds is 7. The number of carbonyl (C=O) groups is 3. The molecule has 8 rings (SSSR count). The largest absolute Gasteiger partial charge is 0.363 e. The number of likely N-dealkylation sites (tertiary alicyclic amines) is 2. The molecule has 1 aromatic heterocycles. The minimum atomic E-state index is -5.00. The predicted molar refractivity (Wildman–Crippen MR) is 188 cm³/mol. The van der Waals surface area contributed by atoms with Gasteiger partial charge in [-0.3, -0.25) is 18.9 Å². The van der Waals surface area contributed by atoms with Crippen molar-refractivity contribution < 1.29 is 33.1 Å². The number of alkyl halides is 1. The second-order valence-corrected chi connectivity index (χ2v) is 17.6. The van der Waals surface area contributed by atoms with Crippen LogP contribution in [0.15, 0.2) is 54.6 Å². The van der Waals surface area contributed by atoms with E-state index in [0.717, 1.165) is 62.1 Å². The molecule has 3 amide bonds. The molecular weight excluding hydrogens is 692 g/mol. The van der Waals surface area contributed by atoms with Gasteiger partial charge in [0.25, 0.3) is 5.91 Å². The monoisotopic (exact) mass is 733 g/mol. The zero-order valence-corrected chi connectivity index (χ0v) is 29.8. The van der Waals surface area contributed by atoms with Gasteiger partial charge in [-0.05, 0) is 99.2 Å². The lowest BCUT2D eigenvalue weighted by atomic mass is 9.85. The third-order valence-corrected chi connectivity index (χ3v) is 14.0. The molecule has 5 fully saturated rings. The number of fused-ring (bicyclic) bond motifs is 2. The lowest BCUT2D eigenvalue weighted by molar-refractivity contribution is -0.148. The number of amides is 3. The molecule has 1 spiro atoms. The van der Waals surface area contributed by atoms with Crippen molar-refractivity contribution in [3.05, 3.63) is 70.6 Å². The second kappa shape index (κ2) is 13.1. The van der Waals surface area contributed by atoms with Gasteiger partial charge >= 0.3 is 7.60 Å². The predicted octanol–water partition coefficient (Wildman–Crippen LogP) is 5.06. The topological polar surface area (TPSA) is 154 Å². The first-order valence-electron chi connectivity index (χ1n) is 17.8. The molecule has 3 aromatic rings. The number of hydrogen-bond donors (Lipinski definition) is 3. The Kier molecular flexibility index (Phi) is 8.83. The minimum Gasteiger partial charge on any atom is -0.340 e. The quantitative estimate of drug-likeness (QED) is 0.285. The number of nitrogens with zero attached hydrogens (tertiary/aromatic N) is 4. The number of halogens is 1. The molecule has 14 heteroatoms. The first kappa shape index (κ1) is 34.4. The fourth-order valence-corrected chi connectivity index (χ4v) is 10.6. The van der Waals surface area contributed by atoms with Crippen molar-refractivity contribution in [2.75, 3.05) is 19.6 Å². The Balaban J connectivity index is 1.06. The lowest BCUT2D eigenvalue weighted by Gasteiger charge is -2.44. The molecule has 0 unspecified atom stereocenters. The highest BCUT2D eigenvalue weighted by molar-refractivity contribution is 7.51. The van der Waals surface area contributed by atoms with E-state index in [1.54, 1.807) is 11.0 Å². The number of thiophene rings is 1. The van der Waals surface area contributed by atoms with Gasteiger partial charge in [-0.2, -0.15) is 5.26 Å². The molecule has 3 N–H and O–H groups in total. The van der Waals surface area contributed by atoms with E-state index in [1.807, 2.05) is 35.2 Å². The second-order valence-electron chi connectivity index (χ2n) is 14.9. The van der Waals surface area contributed by atoms with Gasteiger partial charge in [0.2, 0.25) is 17.7 Å². The summed E-state index contributed by atoms with van der Waals surface area (Å²) in [6.45, 7) is 2.41. The van der Waals surface area contributed by atoms with Crippen molar-refractivity contribution in [3.63, 3.8) is 0 Å². The molecule has 268 valence electrons. The Hall–Kier alpha value is -3.66. The van der Waals surface area contributed by atoms with Gasteiger partial charge in [-0.25, -0.2) is 4.39 Å². The number of carbonyl (C=O) groups excluding carboxylic acids is 3. The van der Waals surface area contributed by atoms with Crippen LogP contribution >= 0.6 is 18.9 Å². The summed E-state index contributed by atoms with van der Waals surface area (Å²) in [6, 6.07) is 16.7. The summed E-state index contributed by atoms with van der Waals surface area (Å²) in [5.74, 6) is -3.73. The molecule has 4 aliphatic heterocycles. The molecule has 11 nitrogen and oxygen atoms in total. The zero-order chi connectivity index (χ0) is 35.7. The van der Waals surface area contributed by atoms with Gasteiger partial charge in [0, 0.05) is 29.2 Å². The molecule has 4 saturated heterocycles. The molecule has 5 heterocycles. The molecule has 1 saturated carbocycles. The number of benzene rings is 2. The van der Waals surface area contributed by atoms with Gasteiger partial charge in [0.1, 0.15) is 12.1 Å². The Bertz CT molecular complexity index is 1960. The Morgan fingerprint density at radius 1 is 1.04 bits per heavy atom. The highest BCUT2D eigenvalue weighted by Crippen LogP contribution is 2.58. The van der Waals surface area contributed by atoms with Crippen molar-refractivity contribution in [3.8, 4) is 6.07 Å². The van der Waals surface area contributed by atoms with Crippen LogP contribution in [-0.2, 0) is 14.2 Å². The van der Waals surface area contributed by atoms with Crippen molar-refractivity contribution in [1.82, 2.24) is 20.0 Å². The van der Waals surface area contributed by atoms with Crippen LogP contribution in [0.2, 0.25) is 0 Å². The number of hydrogen-bond acceptors (Lipinski definition) is 7. The van der Waals surface area contributed by atoms with Crippen molar-refractivity contribution >= 4 is 46.7 Å². The molecule has 1 aliphatic carbocycles. The SMILES string of the molecule is N#C[C@H]1[C@H](c2ccccc2)CN(C(=O)[C@@H]2CC[C@@H]3C[C@@H](N4CCC4)CC[C@H](NC(=O)c4cc5cc([C@@H](F)P(=O)(O)O)ccc5s4)C(=O)N32)C12CC2. The first-order valence-corrected chi connectivity index (χ1v) is 20.3. The van der Waals surface area contributed by atoms with Crippen molar-refractivity contribution in [1.29, 1.82) is 5.26 Å². The minimum absolute atomic E-state index is 0.101. The van der Waals surface area contributed by atoms with E-state index in [4.69, 9.17) is 0 Å². The van der Waals surface area contributed by atoms with E-state index in [0.29, 0.717) is 35.9 Å². The van der Waals surface area contributed by atoms with E-state index in [2.05, 4.69) is 16.3 Å². The third kappa shape index (κ3) is 6.09. The summed E-state index contributed by atoms with van der Waals surface area (Å²) in [7, 11) is -5.00. The van der Waals surface area contributed by atoms with E-state index in [9.17, 15) is 38.4 Å². The van der Waals surface area contributed by atoms with Gasteiger partial charge in [-0.1, -0.05) is 36.4 Å². The van der Waals surface area contributed by atoms with Gasteiger partial charge in [0.15, 0.2) is 0 Å². The summed E-state index contributed by atoms with van der Waals surface area (Å²) in [6.07, 6.45) is 5.80. The smallest absolute Gasteiger partial charge is 0.340 e. The summed E-state index contributed by atoms with van der Waals surface area (Å²) in [5, 5.41) is 13.8. The van der Waals surface area contributed by atoms with Gasteiger partial charge in [-0.15, -0.1) is 11.3 Å². The maximum atomic E-state index is 14.7. The highest BCUT2D eigenvalue weighted by Gasteiger charge is 2.64. The molecule has 5 aliphatic rings. The van der Waals surface area contributed by atoms with Crippen LogP contribution in [0.3, 0.4) is 0 Å². The van der Waals surface area contributed by atoms with Crippen molar-refractivity contribution in [2.45, 2.75) is 92.9 Å². The van der Waals surface area contributed by atoms with E-state index in [-0.39, 0.29) is 46.2 Å². The summed E-state index contributed by atoms with van der Waals surface area (Å²) >= 11 is 1.15. The Morgan fingerprint density at radius 2 is 1.78 bits per heavy atom. The molecule has 2 aromatic carbocycles. The Morgan fingerprint density at radius 3 is 2.45 bits per heavy atom. The number of nitrogens with one attached hydrogen (secondary N) is 1. The average Bonchev–Trinajstić information content (AvgIpc) is 3.43. The van der Waals surface area contributed by atoms with E-state index in [1.165, 1.54) is 18.2 Å². The standard InChI is InChI=1S/C37H41FN5O6PS/c38-33(50(47,48)49)23-7-12-31-24(17-23)18-32(51-31)34(44)40-29-10-8-25(41-15-4-16-41)19-26-9-11-30(43(26)35(29)45)36(46)42-21-27(22-5-2-1-3-6-22)28(20-39)37(42)13-14-37/h1-3,5-7,12,17-18,25-30,33H,4,8-11,13-16,19,21H2,(H,40,44)(H2,47,48,49)/t25-,26+,27-,28-,29-,30-,33-/m0/s1. The van der Waals surface area contributed by atoms with Gasteiger partial charge < -0.3 is 29.8 Å². The first-order chi connectivity index (χ1) is 24.5. The van der Waals surface area contributed by atoms with Gasteiger partial charge in [0.05, 0.1) is 22.4 Å². The normalized spacial score (nSPS) is 29.6. The van der Waals surface area contributed by atoms with Crippen LogP contribution in [0, 0.1) is 17.2 Å². The maximum Gasteiger partial charge on any atom is 0.363 e. The van der Waals surface area contributed by atoms with E-state index >= 15 is 0 Å². The fourth-order valence-electron chi connectivity index (χ4n) is 9.13. The molecule has 0 bridgehead atoms. The number of nitriles is 1. The van der Waals surface area contributed by atoms with Crippen LogP contribution < -0.4 is 5.32 Å². The average molecular weight is 734 g/mol. The zero-order valence-electron chi connectivity index (χ0n) is 28.1. The van der Waals surface area contributed by atoms with E-state index < -0.39 is 37.0 Å². The van der Waals surface area contributed by atoms with Crippen LogP contribution in [0.5, 0.6) is 0 Å². The highest BCUT2D eigenvalue weighted by atomic mass is 32.1. The fraction of sp³-hybridized carbons (Fsp3) is 0.514. The summed E-state index contributed by atoms with van der Waals surface area (Å²) < 4.78 is 26.6. The van der Waals surface area contributed by atoms with Crippen LogP contribution in [0.1, 0.15) is 84.0 Å². The third-order valence-electron chi connectivity index (χ3n) is 12.0. The maximum absolute atomic E-state index is 14.7. The lowest BCUT2D eigenvalue weighted by Crippen LogP contribution is -2.60.